The Bertz CT molecular complexity index is 776. The largest absolute Gasteiger partial charge is 0.505 e. The second-order valence-electron chi connectivity index (χ2n) is 7.57. The van der Waals surface area contributed by atoms with Crippen LogP contribution in [-0.4, -0.2) is 29.3 Å². The Balaban J connectivity index is 2.24. The lowest BCUT2D eigenvalue weighted by molar-refractivity contribution is -0.297. The molecule has 1 nitrogen and oxygen atoms in total. The summed E-state index contributed by atoms with van der Waals surface area (Å²) in [5.74, 6) is -14.3. The maximum absolute atomic E-state index is 14.4. The molecule has 1 aromatic carbocycles. The van der Waals surface area contributed by atoms with Gasteiger partial charge in [0.15, 0.2) is 11.6 Å². The molecule has 2 aliphatic rings. The summed E-state index contributed by atoms with van der Waals surface area (Å²) in [6, 6.07) is 0.257. The molecular formula is C17H13F11O. The van der Waals surface area contributed by atoms with E-state index in [1.54, 1.807) is 0 Å². The highest BCUT2D eigenvalue weighted by atomic mass is 19.4. The molecule has 0 aromatic heterocycles. The minimum absolute atomic E-state index is 0.257. The molecule has 0 amide bonds. The summed E-state index contributed by atoms with van der Waals surface area (Å²) in [6.07, 6.45) is -15.5. The van der Waals surface area contributed by atoms with E-state index in [1.807, 2.05) is 0 Å². The van der Waals surface area contributed by atoms with Gasteiger partial charge in [-0.2, -0.15) is 43.9 Å². The Kier molecular flexibility index (Phi) is 4.30. The number of alkyl halides is 10. The molecule has 2 aliphatic carbocycles. The molecule has 12 heteroatoms. The number of phenolic OH excluding ortho intramolecular Hbond substituents is 1. The number of benzene rings is 1. The van der Waals surface area contributed by atoms with Gasteiger partial charge in [0, 0.05) is 5.56 Å². The molecule has 1 aromatic rings. The summed E-state index contributed by atoms with van der Waals surface area (Å²) < 4.78 is 148. The van der Waals surface area contributed by atoms with E-state index in [0.29, 0.717) is 0 Å². The summed E-state index contributed by atoms with van der Waals surface area (Å²) in [7, 11) is 0. The van der Waals surface area contributed by atoms with E-state index in [1.165, 1.54) is 0 Å². The van der Waals surface area contributed by atoms with Crippen LogP contribution < -0.4 is 0 Å². The smallest absolute Gasteiger partial charge is 0.454 e. The van der Waals surface area contributed by atoms with Crippen LogP contribution in [0.2, 0.25) is 0 Å². The van der Waals surface area contributed by atoms with E-state index in [-0.39, 0.29) is 6.07 Å². The number of hydrogen-bond acceptors (Lipinski definition) is 1. The van der Waals surface area contributed by atoms with Crippen LogP contribution in [0.15, 0.2) is 6.07 Å². The summed E-state index contributed by atoms with van der Waals surface area (Å²) in [4.78, 5) is 0. The third-order valence-electron chi connectivity index (χ3n) is 5.93. The van der Waals surface area contributed by atoms with Gasteiger partial charge < -0.3 is 5.11 Å². The molecule has 0 atom stereocenters. The van der Waals surface area contributed by atoms with Crippen LogP contribution in [0.4, 0.5) is 48.3 Å². The van der Waals surface area contributed by atoms with Crippen molar-refractivity contribution in [2.45, 2.75) is 67.6 Å². The SMILES string of the molecule is Cc1c(C2(C(F)(F)C(F)(F)F)CC2)cc(C2(C(F)(F)C(F)(F)F)CC2)c(O)c1F. The number of hydrogen-bond donors (Lipinski definition) is 1. The quantitative estimate of drug-likeness (QED) is 0.543. The minimum atomic E-state index is -6.11. The van der Waals surface area contributed by atoms with Gasteiger partial charge >= 0.3 is 24.2 Å². The van der Waals surface area contributed by atoms with Crippen molar-refractivity contribution in [2.75, 3.05) is 0 Å². The fourth-order valence-corrected chi connectivity index (χ4v) is 3.89. The highest BCUT2D eigenvalue weighted by Crippen LogP contribution is 2.68. The van der Waals surface area contributed by atoms with Crippen molar-refractivity contribution < 1.29 is 53.4 Å². The predicted molar refractivity (Wildman–Crippen MR) is 76.6 cm³/mol. The first-order valence-electron chi connectivity index (χ1n) is 8.29. The van der Waals surface area contributed by atoms with Gasteiger partial charge in [0.2, 0.25) is 0 Å². The van der Waals surface area contributed by atoms with Crippen LogP contribution in [-0.2, 0) is 10.8 Å². The standard InChI is InChI=1S/C17H13F11O/c1-7-8(12(2-3-12)14(19,20)16(23,24)25)6-9(11(29)10(7)18)13(4-5-13)15(21,22)17(26,27)28/h6,29H,2-5H2,1H3. The van der Waals surface area contributed by atoms with Crippen molar-refractivity contribution in [1.82, 2.24) is 0 Å². The second-order valence-corrected chi connectivity index (χ2v) is 7.57. The van der Waals surface area contributed by atoms with Gasteiger partial charge in [0.25, 0.3) is 0 Å². The van der Waals surface area contributed by atoms with Gasteiger partial charge in [-0.15, -0.1) is 0 Å². The second kappa shape index (κ2) is 5.69. The first kappa shape index (κ1) is 21.9. The van der Waals surface area contributed by atoms with Gasteiger partial charge in [-0.05, 0) is 43.7 Å². The molecule has 0 unspecified atom stereocenters. The first-order chi connectivity index (χ1) is 12.9. The topological polar surface area (TPSA) is 20.2 Å². The fraction of sp³-hybridized carbons (Fsp3) is 0.647. The monoisotopic (exact) mass is 442 g/mol. The van der Waals surface area contributed by atoms with E-state index >= 15 is 0 Å². The molecule has 0 saturated heterocycles. The van der Waals surface area contributed by atoms with E-state index < -0.39 is 89.0 Å². The molecule has 0 bridgehead atoms. The average molecular weight is 442 g/mol. The molecule has 0 heterocycles. The lowest BCUT2D eigenvalue weighted by Gasteiger charge is -2.33. The Morgan fingerprint density at radius 3 is 1.38 bits per heavy atom. The molecule has 0 spiro atoms. The van der Waals surface area contributed by atoms with Crippen molar-refractivity contribution in [1.29, 1.82) is 0 Å². The lowest BCUT2D eigenvalue weighted by atomic mass is 9.79. The molecule has 164 valence electrons. The van der Waals surface area contributed by atoms with E-state index in [9.17, 15) is 53.4 Å². The summed E-state index contributed by atoms with van der Waals surface area (Å²) in [6.45, 7) is 0.752. The zero-order valence-electron chi connectivity index (χ0n) is 14.5. The van der Waals surface area contributed by atoms with Crippen LogP contribution in [0.3, 0.4) is 0 Å². The third-order valence-corrected chi connectivity index (χ3v) is 5.93. The maximum atomic E-state index is 14.4. The fourth-order valence-electron chi connectivity index (χ4n) is 3.89. The maximum Gasteiger partial charge on any atom is 0.454 e. The van der Waals surface area contributed by atoms with Crippen molar-refractivity contribution in [3.05, 3.63) is 28.6 Å². The van der Waals surface area contributed by atoms with E-state index in [4.69, 9.17) is 0 Å². The van der Waals surface area contributed by atoms with Crippen molar-refractivity contribution in [3.63, 3.8) is 0 Å². The number of phenols is 1. The van der Waals surface area contributed by atoms with Gasteiger partial charge in [0.05, 0.1) is 10.8 Å². The molecule has 0 radical (unpaired) electrons. The van der Waals surface area contributed by atoms with Gasteiger partial charge in [-0.1, -0.05) is 6.07 Å². The van der Waals surface area contributed by atoms with Crippen LogP contribution in [0.1, 0.15) is 42.4 Å². The highest BCUT2D eigenvalue weighted by molar-refractivity contribution is 5.55. The van der Waals surface area contributed by atoms with Crippen molar-refractivity contribution in [2.24, 2.45) is 0 Å². The summed E-state index contributed by atoms with van der Waals surface area (Å²) in [5.41, 5.74) is -9.35. The molecule has 29 heavy (non-hydrogen) atoms. The van der Waals surface area contributed by atoms with E-state index in [2.05, 4.69) is 0 Å². The minimum Gasteiger partial charge on any atom is -0.505 e. The molecule has 3 rings (SSSR count). The number of rotatable bonds is 4. The van der Waals surface area contributed by atoms with Gasteiger partial charge in [-0.25, -0.2) is 4.39 Å². The number of halogens is 11. The summed E-state index contributed by atoms with van der Waals surface area (Å²) >= 11 is 0. The van der Waals surface area contributed by atoms with E-state index in [0.717, 1.165) is 6.92 Å². The highest BCUT2D eigenvalue weighted by Gasteiger charge is 2.78. The predicted octanol–water partition coefficient (Wildman–Crippen LogP) is 6.30. The van der Waals surface area contributed by atoms with Crippen molar-refractivity contribution >= 4 is 0 Å². The lowest BCUT2D eigenvalue weighted by Crippen LogP contribution is -2.48. The molecule has 0 aliphatic heterocycles. The molecule has 2 fully saturated rings. The normalized spacial score (nSPS) is 21.2. The zero-order valence-corrected chi connectivity index (χ0v) is 14.5. The third kappa shape index (κ3) is 2.66. The molecule has 2 saturated carbocycles. The number of aromatic hydroxyl groups is 1. The van der Waals surface area contributed by atoms with Gasteiger partial charge in [0.1, 0.15) is 0 Å². The van der Waals surface area contributed by atoms with Crippen molar-refractivity contribution in [3.8, 4) is 5.75 Å². The van der Waals surface area contributed by atoms with Crippen LogP contribution in [0, 0.1) is 12.7 Å². The van der Waals surface area contributed by atoms with Gasteiger partial charge in [-0.3, -0.25) is 0 Å². The molecule has 1 N–H and O–H groups in total. The Labute approximate surface area is 156 Å². The van der Waals surface area contributed by atoms with Crippen LogP contribution >= 0.6 is 0 Å². The summed E-state index contributed by atoms with van der Waals surface area (Å²) in [5, 5.41) is 9.87. The zero-order chi connectivity index (χ0) is 22.4. The molecular weight excluding hydrogens is 429 g/mol. The van der Waals surface area contributed by atoms with Crippen LogP contribution in [0.25, 0.3) is 0 Å². The Morgan fingerprint density at radius 2 is 1.07 bits per heavy atom. The Morgan fingerprint density at radius 1 is 0.724 bits per heavy atom. The first-order valence-corrected chi connectivity index (χ1v) is 8.29. The average Bonchev–Trinajstić information content (AvgIpc) is 3.43. The Hall–Kier alpha value is -1.75. The van der Waals surface area contributed by atoms with Crippen LogP contribution in [0.5, 0.6) is 5.75 Å².